The van der Waals surface area contributed by atoms with Crippen molar-refractivity contribution >= 4 is 27.2 Å². The number of aliphatic hydroxyl groups is 4. The van der Waals surface area contributed by atoms with E-state index in [-0.39, 0.29) is 22.8 Å². The van der Waals surface area contributed by atoms with Crippen LogP contribution >= 0.6 is 11.3 Å². The maximum absolute atomic E-state index is 15.2. The lowest BCUT2D eigenvalue weighted by molar-refractivity contribution is -0.210. The van der Waals surface area contributed by atoms with Gasteiger partial charge in [0.25, 0.3) is 0 Å². The number of benzene rings is 2. The second-order valence-electron chi connectivity index (χ2n) is 11.3. The molecule has 5 aromatic rings. The fourth-order valence-electron chi connectivity index (χ4n) is 6.10. The van der Waals surface area contributed by atoms with Crippen molar-refractivity contribution in [3.8, 4) is 16.9 Å². The summed E-state index contributed by atoms with van der Waals surface area (Å²) in [7, 11) is 0. The van der Waals surface area contributed by atoms with Crippen molar-refractivity contribution < 1.29 is 33.9 Å². The summed E-state index contributed by atoms with van der Waals surface area (Å²) in [6.07, 6.45) is -1.97. The standard InChI is InChI=1S/C29H30F2N8O5S/c1-14-33-20-3-2-16(10-23(20)45-14)38-13-32-35-29(38)28-27(43)25(26(42)22(12-40)44-28)39-11-21(34-36-39)15-8-18(30)24(19(31)9-15)37-6-4-17(41)5-7-37/h2-3,8-11,13,17,22,25-28,40-43H,4-7,12H2,1H3/t22-,25+,26+,27-,28-/m1/s1. The Balaban J connectivity index is 1.19. The smallest absolute Gasteiger partial charge is 0.169 e. The topological polar surface area (TPSA) is 168 Å². The number of fused-ring (bicyclic) bond motifs is 1. The Labute approximate surface area is 259 Å². The summed E-state index contributed by atoms with van der Waals surface area (Å²) in [5, 5.41) is 59.8. The molecular weight excluding hydrogens is 610 g/mol. The first-order valence-corrected chi connectivity index (χ1v) is 15.3. The Morgan fingerprint density at radius 3 is 2.51 bits per heavy atom. The minimum absolute atomic E-state index is 0.104. The van der Waals surface area contributed by atoms with E-state index in [1.807, 2.05) is 25.1 Å². The molecule has 2 aliphatic rings. The minimum atomic E-state index is -1.44. The van der Waals surface area contributed by atoms with Crippen LogP contribution in [-0.4, -0.2) is 99.3 Å². The molecule has 2 saturated heterocycles. The van der Waals surface area contributed by atoms with Crippen molar-refractivity contribution in [2.75, 3.05) is 24.6 Å². The van der Waals surface area contributed by atoms with E-state index >= 15 is 8.78 Å². The molecule has 45 heavy (non-hydrogen) atoms. The number of aryl methyl sites for hydroxylation is 1. The summed E-state index contributed by atoms with van der Waals surface area (Å²) in [6, 6.07) is 6.75. The van der Waals surface area contributed by atoms with E-state index in [0.717, 1.165) is 27.4 Å². The molecular formula is C29H30F2N8O5S. The van der Waals surface area contributed by atoms with Crippen molar-refractivity contribution in [3.63, 3.8) is 0 Å². The molecule has 2 fully saturated rings. The van der Waals surface area contributed by atoms with Crippen LogP contribution in [0.15, 0.2) is 42.9 Å². The molecule has 0 amide bonds. The molecule has 0 bridgehead atoms. The Morgan fingerprint density at radius 2 is 1.78 bits per heavy atom. The van der Waals surface area contributed by atoms with Gasteiger partial charge in [-0.15, -0.1) is 26.6 Å². The fraction of sp³-hybridized carbons (Fsp3) is 0.414. The van der Waals surface area contributed by atoms with Crippen molar-refractivity contribution in [1.29, 1.82) is 0 Å². The molecule has 2 aliphatic heterocycles. The molecule has 5 atom stereocenters. The molecule has 13 nitrogen and oxygen atoms in total. The molecule has 0 saturated carbocycles. The highest BCUT2D eigenvalue weighted by Crippen LogP contribution is 2.39. The van der Waals surface area contributed by atoms with Crippen molar-refractivity contribution in [2.24, 2.45) is 0 Å². The van der Waals surface area contributed by atoms with Gasteiger partial charge in [0.05, 0.1) is 34.1 Å². The van der Waals surface area contributed by atoms with Crippen LogP contribution in [0.3, 0.4) is 0 Å². The zero-order chi connectivity index (χ0) is 31.4. The number of nitrogens with zero attached hydrogens (tertiary/aromatic N) is 8. The van der Waals surface area contributed by atoms with Crippen LogP contribution in [0.5, 0.6) is 0 Å². The van der Waals surface area contributed by atoms with Gasteiger partial charge >= 0.3 is 0 Å². The average Bonchev–Trinajstić information content (AvgIpc) is 3.77. The highest BCUT2D eigenvalue weighted by Gasteiger charge is 2.48. The predicted molar refractivity (Wildman–Crippen MR) is 158 cm³/mol. The first kappa shape index (κ1) is 29.8. The molecule has 2 aromatic carbocycles. The fourth-order valence-corrected chi connectivity index (χ4v) is 6.96. The average molecular weight is 641 g/mol. The van der Waals surface area contributed by atoms with Gasteiger partial charge in [-0.05, 0) is 50.1 Å². The number of rotatable bonds is 6. The van der Waals surface area contributed by atoms with Gasteiger partial charge in [-0.2, -0.15) is 0 Å². The van der Waals surface area contributed by atoms with E-state index in [1.165, 1.54) is 28.5 Å². The van der Waals surface area contributed by atoms with Crippen LogP contribution in [0.2, 0.25) is 0 Å². The van der Waals surface area contributed by atoms with E-state index in [0.29, 0.717) is 31.6 Å². The van der Waals surface area contributed by atoms with Crippen molar-refractivity contribution in [3.05, 3.63) is 65.3 Å². The van der Waals surface area contributed by atoms with Gasteiger partial charge < -0.3 is 30.1 Å². The SMILES string of the molecule is Cc1nc2ccc(-n3cnnc3[C@@H]3O[C@H](CO)[C@H](O)[C@H](n4cc(-c5cc(F)c(N6CCC(O)CC6)c(F)c5)nn4)[C@H]3O)cc2s1. The molecule has 5 heterocycles. The van der Waals surface area contributed by atoms with E-state index in [2.05, 4.69) is 25.5 Å². The molecule has 7 rings (SSSR count). The quantitative estimate of drug-likeness (QED) is 0.215. The van der Waals surface area contributed by atoms with E-state index in [9.17, 15) is 20.4 Å². The lowest BCUT2D eigenvalue weighted by Crippen LogP contribution is -2.53. The number of thiazole rings is 1. The van der Waals surface area contributed by atoms with Crippen molar-refractivity contribution in [1.82, 2.24) is 34.7 Å². The van der Waals surface area contributed by atoms with E-state index in [4.69, 9.17) is 4.74 Å². The summed E-state index contributed by atoms with van der Waals surface area (Å²) >= 11 is 1.53. The molecule has 0 aliphatic carbocycles. The summed E-state index contributed by atoms with van der Waals surface area (Å²) in [5.41, 5.74) is 1.58. The van der Waals surface area contributed by atoms with Crippen LogP contribution in [0, 0.1) is 18.6 Å². The van der Waals surface area contributed by atoms with Crippen LogP contribution in [0.4, 0.5) is 14.5 Å². The summed E-state index contributed by atoms with van der Waals surface area (Å²) in [5.74, 6) is -1.34. The Hall–Kier alpha value is -3.93. The zero-order valence-electron chi connectivity index (χ0n) is 24.0. The number of ether oxygens (including phenoxy) is 1. The first-order chi connectivity index (χ1) is 21.7. The normalized spacial score (nSPS) is 24.5. The number of anilines is 1. The summed E-state index contributed by atoms with van der Waals surface area (Å²) in [6.45, 7) is 1.99. The molecule has 3 aromatic heterocycles. The van der Waals surface area contributed by atoms with E-state index in [1.54, 1.807) is 9.47 Å². The maximum atomic E-state index is 15.2. The molecule has 0 spiro atoms. The maximum Gasteiger partial charge on any atom is 0.169 e. The first-order valence-electron chi connectivity index (χ1n) is 14.5. The monoisotopic (exact) mass is 640 g/mol. The van der Waals surface area contributed by atoms with Gasteiger partial charge in [0, 0.05) is 24.3 Å². The minimum Gasteiger partial charge on any atom is -0.394 e. The van der Waals surface area contributed by atoms with Crippen molar-refractivity contribution in [2.45, 2.75) is 56.3 Å². The molecule has 236 valence electrons. The lowest BCUT2D eigenvalue weighted by Gasteiger charge is -2.41. The number of piperidine rings is 1. The summed E-state index contributed by atoms with van der Waals surface area (Å²) < 4.78 is 40.1. The number of hydrogen-bond acceptors (Lipinski definition) is 12. The lowest BCUT2D eigenvalue weighted by atomic mass is 9.92. The van der Waals surface area contributed by atoms with Gasteiger partial charge in [-0.25, -0.2) is 18.4 Å². The van der Waals surface area contributed by atoms with E-state index < -0.39 is 54.8 Å². The van der Waals surface area contributed by atoms with Crippen LogP contribution in [0.25, 0.3) is 27.2 Å². The van der Waals surface area contributed by atoms with Gasteiger partial charge in [0.15, 0.2) is 5.82 Å². The highest BCUT2D eigenvalue weighted by molar-refractivity contribution is 7.18. The number of aliphatic hydroxyl groups excluding tert-OH is 4. The zero-order valence-corrected chi connectivity index (χ0v) is 24.8. The summed E-state index contributed by atoms with van der Waals surface area (Å²) in [4.78, 5) is 6.05. The third-order valence-electron chi connectivity index (χ3n) is 8.39. The van der Waals surface area contributed by atoms with Crippen LogP contribution in [-0.2, 0) is 4.74 Å². The van der Waals surface area contributed by atoms with Gasteiger partial charge in [0.1, 0.15) is 59.8 Å². The predicted octanol–water partition coefficient (Wildman–Crippen LogP) is 2.08. The number of aromatic nitrogens is 7. The third-order valence-corrected chi connectivity index (χ3v) is 9.32. The molecule has 0 unspecified atom stereocenters. The van der Waals surface area contributed by atoms with Crippen LogP contribution in [0.1, 0.15) is 35.8 Å². The van der Waals surface area contributed by atoms with Crippen LogP contribution < -0.4 is 4.90 Å². The highest BCUT2D eigenvalue weighted by atomic mass is 32.1. The third kappa shape index (κ3) is 5.36. The Kier molecular flexibility index (Phi) is 7.79. The molecule has 16 heteroatoms. The number of hydrogen-bond donors (Lipinski definition) is 4. The second-order valence-corrected chi connectivity index (χ2v) is 12.5. The second kappa shape index (κ2) is 11.8. The molecule has 4 N–H and O–H groups in total. The Morgan fingerprint density at radius 1 is 1.02 bits per heavy atom. The number of halogens is 2. The molecule has 0 radical (unpaired) electrons. The largest absolute Gasteiger partial charge is 0.394 e. The van der Waals surface area contributed by atoms with Gasteiger partial charge in [-0.1, -0.05) is 5.21 Å². The van der Waals surface area contributed by atoms with Gasteiger partial charge in [-0.3, -0.25) is 4.57 Å². The van der Waals surface area contributed by atoms with Gasteiger partial charge in [0.2, 0.25) is 0 Å². The Bertz CT molecular complexity index is 1820.